The van der Waals surface area contributed by atoms with Gasteiger partial charge in [-0.2, -0.15) is 0 Å². The van der Waals surface area contributed by atoms with Crippen molar-refractivity contribution in [1.29, 1.82) is 0 Å². The van der Waals surface area contributed by atoms with Gasteiger partial charge in [0.15, 0.2) is 11.5 Å². The number of aromatic nitrogens is 2. The van der Waals surface area contributed by atoms with Crippen molar-refractivity contribution in [1.82, 2.24) is 14.0 Å². The molecule has 0 N–H and O–H groups in total. The van der Waals surface area contributed by atoms with Gasteiger partial charge in [-0.3, -0.25) is 14.0 Å². The van der Waals surface area contributed by atoms with Gasteiger partial charge in [-0.05, 0) is 43.7 Å². The molecule has 2 aliphatic heterocycles. The van der Waals surface area contributed by atoms with Crippen LogP contribution in [-0.4, -0.2) is 46.4 Å². The molecule has 28 heavy (non-hydrogen) atoms. The van der Waals surface area contributed by atoms with Crippen molar-refractivity contribution in [3.05, 3.63) is 59.0 Å². The molecular weight excluding hydrogens is 354 g/mol. The number of ether oxygens (including phenoxy) is 2. The molecule has 2 atom stereocenters. The van der Waals surface area contributed by atoms with Crippen molar-refractivity contribution in [2.75, 3.05) is 26.2 Å². The molecule has 2 aromatic carbocycles. The summed E-state index contributed by atoms with van der Waals surface area (Å²) in [6.45, 7) is 3.25. The van der Waals surface area contributed by atoms with Gasteiger partial charge in [-0.1, -0.05) is 24.3 Å². The number of rotatable bonds is 3. The van der Waals surface area contributed by atoms with Crippen LogP contribution in [0.4, 0.5) is 0 Å². The Bertz CT molecular complexity index is 1050. The van der Waals surface area contributed by atoms with Crippen molar-refractivity contribution in [2.24, 2.45) is 7.05 Å². The predicted molar refractivity (Wildman–Crippen MR) is 108 cm³/mol. The Morgan fingerprint density at radius 1 is 1.04 bits per heavy atom. The van der Waals surface area contributed by atoms with Crippen LogP contribution in [-0.2, 0) is 7.05 Å². The van der Waals surface area contributed by atoms with Crippen LogP contribution in [0.3, 0.4) is 0 Å². The molecule has 3 heterocycles. The minimum atomic E-state index is 0.0119. The minimum Gasteiger partial charge on any atom is -0.486 e. The van der Waals surface area contributed by atoms with Crippen LogP contribution in [0.5, 0.6) is 11.5 Å². The highest BCUT2D eigenvalue weighted by Gasteiger charge is 2.29. The van der Waals surface area contributed by atoms with Gasteiger partial charge in [0.2, 0.25) is 0 Å². The van der Waals surface area contributed by atoms with E-state index in [-0.39, 0.29) is 17.8 Å². The second kappa shape index (κ2) is 7.02. The van der Waals surface area contributed by atoms with E-state index < -0.39 is 0 Å². The average Bonchev–Trinajstić information content (AvgIpc) is 2.99. The summed E-state index contributed by atoms with van der Waals surface area (Å²) in [5.74, 6) is 1.63. The number of benzene rings is 2. The number of imidazole rings is 1. The molecule has 1 fully saturated rings. The lowest BCUT2D eigenvalue weighted by Crippen LogP contribution is -2.46. The lowest BCUT2D eigenvalue weighted by molar-refractivity contribution is 0.0461. The molecule has 6 heteroatoms. The number of hydrogen-bond donors (Lipinski definition) is 0. The molecule has 0 aliphatic carbocycles. The fourth-order valence-corrected chi connectivity index (χ4v) is 4.52. The van der Waals surface area contributed by atoms with E-state index in [2.05, 4.69) is 4.90 Å². The quantitative estimate of drug-likeness (QED) is 0.702. The molecule has 0 radical (unpaired) electrons. The Balaban J connectivity index is 1.34. The van der Waals surface area contributed by atoms with Crippen molar-refractivity contribution in [2.45, 2.75) is 25.0 Å². The first kappa shape index (κ1) is 17.4. The van der Waals surface area contributed by atoms with Gasteiger partial charge < -0.3 is 9.47 Å². The fraction of sp³-hybridized carbons (Fsp3) is 0.409. The van der Waals surface area contributed by atoms with Crippen LogP contribution in [0.15, 0.2) is 53.3 Å². The lowest BCUT2D eigenvalue weighted by Gasteiger charge is -2.36. The number of fused-ring (bicyclic) bond motifs is 2. The highest BCUT2D eigenvalue weighted by Crippen LogP contribution is 2.32. The van der Waals surface area contributed by atoms with Gasteiger partial charge >= 0.3 is 5.69 Å². The van der Waals surface area contributed by atoms with Crippen LogP contribution in [0.25, 0.3) is 11.0 Å². The normalized spacial score (nSPS) is 22.5. The maximum Gasteiger partial charge on any atom is 0.329 e. The first-order valence-corrected chi connectivity index (χ1v) is 9.97. The van der Waals surface area contributed by atoms with E-state index in [0.717, 1.165) is 55.0 Å². The molecule has 146 valence electrons. The van der Waals surface area contributed by atoms with Crippen LogP contribution < -0.4 is 15.2 Å². The van der Waals surface area contributed by atoms with E-state index in [4.69, 9.17) is 9.47 Å². The molecule has 1 aromatic heterocycles. The maximum absolute atomic E-state index is 12.9. The van der Waals surface area contributed by atoms with Gasteiger partial charge in [-0.15, -0.1) is 0 Å². The van der Waals surface area contributed by atoms with Gasteiger partial charge in [0.25, 0.3) is 0 Å². The summed E-state index contributed by atoms with van der Waals surface area (Å²) in [6, 6.07) is 16.0. The average molecular weight is 379 g/mol. The van der Waals surface area contributed by atoms with Crippen molar-refractivity contribution < 1.29 is 9.47 Å². The van der Waals surface area contributed by atoms with Gasteiger partial charge in [-0.25, -0.2) is 4.79 Å². The standard InChI is InChI=1S/C22H25N3O3/c1-23-18-8-2-3-9-19(18)25(22(23)26)16-7-6-12-24(13-16)14-17-15-27-20-10-4-5-11-21(20)28-17/h2-5,8-11,16-17H,6-7,12-15H2,1H3. The Kier molecular flexibility index (Phi) is 4.36. The maximum atomic E-state index is 12.9. The summed E-state index contributed by atoms with van der Waals surface area (Å²) < 4.78 is 15.7. The zero-order chi connectivity index (χ0) is 19.1. The zero-order valence-electron chi connectivity index (χ0n) is 16.1. The largest absolute Gasteiger partial charge is 0.486 e. The van der Waals surface area contributed by atoms with Crippen LogP contribution >= 0.6 is 0 Å². The molecule has 6 nitrogen and oxygen atoms in total. The third-order valence-corrected chi connectivity index (χ3v) is 5.87. The molecule has 5 rings (SSSR count). The minimum absolute atomic E-state index is 0.0119. The summed E-state index contributed by atoms with van der Waals surface area (Å²) in [7, 11) is 1.85. The Morgan fingerprint density at radius 2 is 1.79 bits per heavy atom. The molecule has 0 spiro atoms. The Hall–Kier alpha value is -2.73. The number of aryl methyl sites for hydroxylation is 1. The molecule has 0 amide bonds. The second-order valence-corrected chi connectivity index (χ2v) is 7.75. The number of likely N-dealkylation sites (tertiary alicyclic amines) is 1. The van der Waals surface area contributed by atoms with E-state index in [1.165, 1.54) is 0 Å². The molecule has 0 saturated carbocycles. The summed E-state index contributed by atoms with van der Waals surface area (Å²) in [4.78, 5) is 15.3. The Morgan fingerprint density at radius 3 is 2.64 bits per heavy atom. The first-order valence-electron chi connectivity index (χ1n) is 9.97. The van der Waals surface area contributed by atoms with E-state index in [9.17, 15) is 4.79 Å². The lowest BCUT2D eigenvalue weighted by atomic mass is 10.0. The molecule has 2 aliphatic rings. The van der Waals surface area contributed by atoms with Crippen molar-refractivity contribution >= 4 is 11.0 Å². The molecule has 1 saturated heterocycles. The highest BCUT2D eigenvalue weighted by atomic mass is 16.6. The third kappa shape index (κ3) is 2.98. The third-order valence-electron chi connectivity index (χ3n) is 5.87. The second-order valence-electron chi connectivity index (χ2n) is 7.75. The summed E-state index contributed by atoms with van der Waals surface area (Å²) in [5.41, 5.74) is 2.08. The summed E-state index contributed by atoms with van der Waals surface area (Å²) in [5, 5.41) is 0. The number of para-hydroxylation sites is 4. The van der Waals surface area contributed by atoms with E-state index in [0.29, 0.717) is 6.61 Å². The molecule has 0 bridgehead atoms. The first-order chi connectivity index (χ1) is 13.7. The monoisotopic (exact) mass is 379 g/mol. The zero-order valence-corrected chi connectivity index (χ0v) is 16.1. The van der Waals surface area contributed by atoms with Crippen molar-refractivity contribution in [3.8, 4) is 11.5 Å². The van der Waals surface area contributed by atoms with Gasteiger partial charge in [0.05, 0.1) is 17.1 Å². The molecule has 3 aromatic rings. The smallest absolute Gasteiger partial charge is 0.329 e. The number of hydrogen-bond acceptors (Lipinski definition) is 4. The Labute approximate surface area is 163 Å². The summed E-state index contributed by atoms with van der Waals surface area (Å²) in [6.07, 6.45) is 2.11. The van der Waals surface area contributed by atoms with Gasteiger partial charge in [0.1, 0.15) is 12.7 Å². The predicted octanol–water partition coefficient (Wildman–Crippen LogP) is 2.82. The number of piperidine rings is 1. The van der Waals surface area contributed by atoms with E-state index >= 15 is 0 Å². The number of nitrogens with zero attached hydrogens (tertiary/aromatic N) is 3. The topological polar surface area (TPSA) is 48.6 Å². The highest BCUT2D eigenvalue weighted by molar-refractivity contribution is 5.76. The SMILES string of the molecule is Cn1c(=O)n(C2CCCN(CC3COc4ccccc4O3)C2)c2ccccc21. The molecule has 2 unspecified atom stereocenters. The van der Waals surface area contributed by atoms with Crippen LogP contribution in [0.2, 0.25) is 0 Å². The van der Waals surface area contributed by atoms with E-state index in [1.54, 1.807) is 4.57 Å². The summed E-state index contributed by atoms with van der Waals surface area (Å²) >= 11 is 0. The molecular formula is C22H25N3O3. The fourth-order valence-electron chi connectivity index (χ4n) is 4.52. The van der Waals surface area contributed by atoms with Crippen LogP contribution in [0, 0.1) is 0 Å². The van der Waals surface area contributed by atoms with Crippen molar-refractivity contribution in [3.63, 3.8) is 0 Å². The van der Waals surface area contributed by atoms with E-state index in [1.807, 2.05) is 60.1 Å². The van der Waals surface area contributed by atoms with Gasteiger partial charge in [0, 0.05) is 20.1 Å². The van der Waals surface area contributed by atoms with Crippen LogP contribution in [0.1, 0.15) is 18.9 Å².